The van der Waals surface area contributed by atoms with Crippen LogP contribution in [0.15, 0.2) is 57.8 Å². The molecule has 1 aliphatic heterocycles. The molecule has 3 fully saturated rings. The molecule has 0 bridgehead atoms. The summed E-state index contributed by atoms with van der Waals surface area (Å²) in [7, 11) is 0. The maximum atomic E-state index is 12.9. The van der Waals surface area contributed by atoms with Crippen molar-refractivity contribution in [3.05, 3.63) is 75.9 Å². The summed E-state index contributed by atoms with van der Waals surface area (Å²) in [6.07, 6.45) is 17.6. The number of carbonyl (C=O) groups excluding carboxylic acids is 1. The van der Waals surface area contributed by atoms with Crippen LogP contribution in [0.1, 0.15) is 103 Å². The first-order valence-electron chi connectivity index (χ1n) is 16.5. The molecule has 0 aromatic carbocycles. The quantitative estimate of drug-likeness (QED) is 0.138. The number of esters is 1. The summed E-state index contributed by atoms with van der Waals surface area (Å²) in [5, 5.41) is 10.9. The van der Waals surface area contributed by atoms with E-state index in [1.165, 1.54) is 6.08 Å². The van der Waals surface area contributed by atoms with E-state index in [9.17, 15) is 14.7 Å². The maximum absolute atomic E-state index is 12.9. The third kappa shape index (κ3) is 6.71. The summed E-state index contributed by atoms with van der Waals surface area (Å²) in [5.74, 6) is 1.03. The molecule has 1 aromatic rings. The highest BCUT2D eigenvalue weighted by Crippen LogP contribution is 2.64. The van der Waals surface area contributed by atoms with Crippen LogP contribution in [-0.2, 0) is 20.7 Å². The monoisotopic (exact) mass is 606 g/mol. The van der Waals surface area contributed by atoms with Gasteiger partial charge in [0.15, 0.2) is 0 Å². The summed E-state index contributed by atoms with van der Waals surface area (Å²) in [6, 6.07) is 0. The molecule has 1 saturated heterocycles. The minimum Gasteiger partial charge on any atom is -0.507 e. The number of carbonyl (C=O) groups is 1. The molecule has 0 unspecified atom stereocenters. The Morgan fingerprint density at radius 3 is 2.45 bits per heavy atom. The molecule has 44 heavy (non-hydrogen) atoms. The molecule has 242 valence electrons. The van der Waals surface area contributed by atoms with Gasteiger partial charge in [0.2, 0.25) is 0 Å². The first-order chi connectivity index (χ1) is 20.6. The van der Waals surface area contributed by atoms with Crippen molar-refractivity contribution in [1.82, 2.24) is 0 Å². The molecule has 2 aliphatic carbocycles. The van der Waals surface area contributed by atoms with Gasteiger partial charge in [-0.05, 0) is 101 Å². The summed E-state index contributed by atoms with van der Waals surface area (Å²) in [4.78, 5) is 25.8. The van der Waals surface area contributed by atoms with Gasteiger partial charge in [-0.3, -0.25) is 0 Å². The van der Waals surface area contributed by atoms with Crippen LogP contribution in [-0.4, -0.2) is 28.9 Å². The van der Waals surface area contributed by atoms with Crippen LogP contribution >= 0.6 is 0 Å². The van der Waals surface area contributed by atoms with Gasteiger partial charge in [-0.2, -0.15) is 0 Å². The van der Waals surface area contributed by atoms with Gasteiger partial charge >= 0.3 is 11.6 Å². The Morgan fingerprint density at radius 2 is 1.75 bits per heavy atom. The highest BCUT2D eigenvalue weighted by molar-refractivity contribution is 5.82. The molecule has 1 aromatic heterocycles. The number of aryl methyl sites for hydroxylation is 1. The minimum absolute atomic E-state index is 0.0298. The summed E-state index contributed by atoms with van der Waals surface area (Å²) in [6.45, 7) is 21.1. The van der Waals surface area contributed by atoms with Crippen LogP contribution in [0, 0.1) is 42.4 Å². The van der Waals surface area contributed by atoms with E-state index in [1.54, 1.807) is 19.9 Å². The second-order valence-corrected chi connectivity index (χ2v) is 14.6. The van der Waals surface area contributed by atoms with Gasteiger partial charge in [-0.15, -0.1) is 0 Å². The molecule has 1 N–H and O–H groups in total. The van der Waals surface area contributed by atoms with Gasteiger partial charge < -0.3 is 19.0 Å². The Bertz CT molecular complexity index is 1380. The number of ether oxygens (including phenoxy) is 2. The lowest BCUT2D eigenvalue weighted by Crippen LogP contribution is -2.57. The van der Waals surface area contributed by atoms with Crippen molar-refractivity contribution < 1.29 is 23.8 Å². The first kappa shape index (κ1) is 34.0. The van der Waals surface area contributed by atoms with E-state index in [2.05, 4.69) is 40.3 Å². The average Bonchev–Trinajstić information content (AvgIpc) is 3.05. The van der Waals surface area contributed by atoms with Gasteiger partial charge in [0.1, 0.15) is 17.6 Å². The molecule has 0 amide bonds. The zero-order valence-electron chi connectivity index (χ0n) is 28.2. The molecule has 2 heterocycles. The molecule has 0 spiro atoms. The Morgan fingerprint density at radius 1 is 1.07 bits per heavy atom. The van der Waals surface area contributed by atoms with Crippen molar-refractivity contribution >= 4 is 5.97 Å². The molecule has 6 nitrogen and oxygen atoms in total. The lowest BCUT2D eigenvalue weighted by molar-refractivity contribution is -0.204. The van der Waals surface area contributed by atoms with Crippen LogP contribution in [0.4, 0.5) is 0 Å². The summed E-state index contributed by atoms with van der Waals surface area (Å²) in [5.41, 5.74) is 0.759. The standard InChI is InChI=1S/C38H54O6/c1-10-24(2)15-13-11-12-14-16-33(39)43-31-19-22-38(9)30-18-17-25(3)29(23-28-34(40)26(4)27(5)42-35(28)41)37(30,8)21-20-32(38)44-36(31,6)7/h11-16,24,29-32,40H,3,10,17-23H2,1-2,4-9H3/b12-11+,15-13+,16-14+/t24-,29+,30-,31+,32+,37+,38-/m0/s1. The topological polar surface area (TPSA) is 86.0 Å². The molecule has 2 saturated carbocycles. The Balaban J connectivity index is 1.53. The van der Waals surface area contributed by atoms with E-state index < -0.39 is 11.2 Å². The number of rotatable bonds is 8. The number of aromatic hydroxyl groups is 1. The second-order valence-electron chi connectivity index (χ2n) is 14.6. The molecule has 4 rings (SSSR count). The SMILES string of the molecule is C=C1CC[C@H]2[C@](C)(CC[C@H]3OC(C)(C)[C@H](OC(=O)/C=C/C=C/C=C/[C@@H](C)CC)CC[C@@]23C)[C@@H]1Cc1c(O)c(C)c(C)oc1=O. The number of fused-ring (bicyclic) bond motifs is 3. The van der Waals surface area contributed by atoms with Crippen LogP contribution in [0.3, 0.4) is 0 Å². The van der Waals surface area contributed by atoms with Crippen LogP contribution in [0.25, 0.3) is 0 Å². The van der Waals surface area contributed by atoms with Gasteiger partial charge in [-0.25, -0.2) is 9.59 Å². The molecular weight excluding hydrogens is 552 g/mol. The zero-order valence-corrected chi connectivity index (χ0v) is 28.2. The molecule has 3 aliphatic rings. The van der Waals surface area contributed by atoms with Crippen molar-refractivity contribution in [2.75, 3.05) is 0 Å². The van der Waals surface area contributed by atoms with E-state index in [0.29, 0.717) is 41.6 Å². The average molecular weight is 607 g/mol. The smallest absolute Gasteiger partial charge is 0.342 e. The fraction of sp³-hybridized carbons (Fsp3) is 0.632. The van der Waals surface area contributed by atoms with Crippen molar-refractivity contribution in [3.63, 3.8) is 0 Å². The van der Waals surface area contributed by atoms with E-state index >= 15 is 0 Å². The summed E-state index contributed by atoms with van der Waals surface area (Å²) < 4.78 is 18.4. The molecule has 0 radical (unpaired) electrons. The number of allylic oxidation sites excluding steroid dienone is 6. The maximum Gasteiger partial charge on any atom is 0.342 e. The van der Waals surface area contributed by atoms with Gasteiger partial charge in [0.05, 0.1) is 17.3 Å². The van der Waals surface area contributed by atoms with E-state index in [4.69, 9.17) is 13.9 Å². The fourth-order valence-corrected chi connectivity index (χ4v) is 8.29. The number of hydrogen-bond donors (Lipinski definition) is 1. The van der Waals surface area contributed by atoms with Crippen LogP contribution < -0.4 is 5.63 Å². The van der Waals surface area contributed by atoms with Crippen molar-refractivity contribution in [2.45, 2.75) is 125 Å². The normalized spacial score (nSPS) is 32.9. The van der Waals surface area contributed by atoms with E-state index in [1.807, 2.05) is 32.1 Å². The second kappa shape index (κ2) is 13.2. The lowest BCUT2D eigenvalue weighted by Gasteiger charge is -2.61. The van der Waals surface area contributed by atoms with Gasteiger partial charge in [-0.1, -0.05) is 76.6 Å². The van der Waals surface area contributed by atoms with Gasteiger partial charge in [0, 0.05) is 11.6 Å². The predicted octanol–water partition coefficient (Wildman–Crippen LogP) is 8.48. The largest absolute Gasteiger partial charge is 0.507 e. The van der Waals surface area contributed by atoms with E-state index in [0.717, 1.165) is 44.1 Å². The third-order valence-corrected chi connectivity index (χ3v) is 11.5. The van der Waals surface area contributed by atoms with E-state index in [-0.39, 0.29) is 40.7 Å². The Labute approximate surface area is 264 Å². The highest BCUT2D eigenvalue weighted by Gasteiger charge is 2.60. The minimum atomic E-state index is -0.629. The number of hydrogen-bond acceptors (Lipinski definition) is 6. The van der Waals surface area contributed by atoms with Crippen molar-refractivity contribution in [2.24, 2.45) is 28.6 Å². The molecular formula is C38H54O6. The Hall–Kier alpha value is -2.86. The zero-order chi connectivity index (χ0) is 32.4. The van der Waals surface area contributed by atoms with Crippen molar-refractivity contribution in [1.29, 1.82) is 0 Å². The predicted molar refractivity (Wildman–Crippen MR) is 176 cm³/mol. The molecule has 6 heteroatoms. The first-order valence-corrected chi connectivity index (χ1v) is 16.5. The highest BCUT2D eigenvalue weighted by atomic mass is 16.6. The fourth-order valence-electron chi connectivity index (χ4n) is 8.29. The molecule has 7 atom stereocenters. The Kier molecular flexibility index (Phi) is 10.2. The summed E-state index contributed by atoms with van der Waals surface area (Å²) >= 11 is 0. The van der Waals surface area contributed by atoms with Crippen LogP contribution in [0.5, 0.6) is 5.75 Å². The third-order valence-electron chi connectivity index (χ3n) is 11.5. The van der Waals surface area contributed by atoms with Gasteiger partial charge in [0.25, 0.3) is 0 Å². The lowest BCUT2D eigenvalue weighted by atomic mass is 9.45. The van der Waals surface area contributed by atoms with Crippen molar-refractivity contribution in [3.8, 4) is 5.75 Å². The van der Waals surface area contributed by atoms with Crippen LogP contribution in [0.2, 0.25) is 0 Å².